The zero-order chi connectivity index (χ0) is 15.2. The maximum absolute atomic E-state index is 4.74. The summed E-state index contributed by atoms with van der Waals surface area (Å²) in [7, 11) is 0. The first-order chi connectivity index (χ1) is 10.2. The van der Waals surface area contributed by atoms with Crippen LogP contribution in [-0.4, -0.2) is 22.6 Å². The number of aromatic nitrogens is 2. The van der Waals surface area contributed by atoms with Gasteiger partial charge >= 0.3 is 0 Å². The highest BCUT2D eigenvalue weighted by molar-refractivity contribution is 5.58. The van der Waals surface area contributed by atoms with Crippen molar-refractivity contribution in [3.8, 4) is 0 Å². The molecule has 2 N–H and O–H groups in total. The van der Waals surface area contributed by atoms with Crippen LogP contribution in [0.25, 0.3) is 0 Å². The summed E-state index contributed by atoms with van der Waals surface area (Å²) in [6.07, 6.45) is 7.02. The van der Waals surface area contributed by atoms with Crippen LogP contribution in [-0.2, 0) is 6.42 Å². The monoisotopic (exact) mass is 290 g/mol. The predicted octanol–water partition coefficient (Wildman–Crippen LogP) is 4.16. The molecule has 21 heavy (non-hydrogen) atoms. The van der Waals surface area contributed by atoms with Crippen LogP contribution in [0.4, 0.5) is 11.6 Å². The van der Waals surface area contributed by atoms with Crippen LogP contribution in [0.3, 0.4) is 0 Å². The van der Waals surface area contributed by atoms with Crippen LogP contribution in [0.15, 0.2) is 0 Å². The molecule has 1 aliphatic carbocycles. The van der Waals surface area contributed by atoms with Crippen LogP contribution in [0.5, 0.6) is 0 Å². The van der Waals surface area contributed by atoms with Crippen molar-refractivity contribution in [1.82, 2.24) is 9.97 Å². The van der Waals surface area contributed by atoms with Gasteiger partial charge in [-0.2, -0.15) is 0 Å². The third-order valence-corrected chi connectivity index (χ3v) is 4.11. The molecule has 0 spiro atoms. The molecule has 1 aromatic rings. The van der Waals surface area contributed by atoms with E-state index in [1.807, 2.05) is 0 Å². The molecule has 0 saturated heterocycles. The average molecular weight is 290 g/mol. The summed E-state index contributed by atoms with van der Waals surface area (Å²) in [5.41, 5.74) is 1.16. The molecule has 4 heteroatoms. The molecule has 2 rings (SSSR count). The van der Waals surface area contributed by atoms with Crippen LogP contribution in [0, 0.1) is 12.8 Å². The van der Waals surface area contributed by atoms with Gasteiger partial charge in [-0.1, -0.05) is 27.2 Å². The number of hydrogen-bond acceptors (Lipinski definition) is 4. The molecule has 2 unspecified atom stereocenters. The number of rotatable bonds is 9. The maximum atomic E-state index is 4.74. The largest absolute Gasteiger partial charge is 0.370 e. The minimum Gasteiger partial charge on any atom is -0.370 e. The molecular weight excluding hydrogens is 260 g/mol. The molecule has 1 saturated carbocycles. The summed E-state index contributed by atoms with van der Waals surface area (Å²) in [6.45, 7) is 9.69. The van der Waals surface area contributed by atoms with E-state index in [9.17, 15) is 0 Å². The van der Waals surface area contributed by atoms with E-state index in [1.54, 1.807) is 0 Å². The second-order valence-electron chi connectivity index (χ2n) is 6.17. The third-order valence-electron chi connectivity index (χ3n) is 4.11. The van der Waals surface area contributed by atoms with Gasteiger partial charge in [0.25, 0.3) is 0 Å². The van der Waals surface area contributed by atoms with Crippen molar-refractivity contribution in [3.05, 3.63) is 11.4 Å². The molecule has 118 valence electrons. The molecule has 0 amide bonds. The van der Waals surface area contributed by atoms with E-state index in [0.717, 1.165) is 54.7 Å². The van der Waals surface area contributed by atoms with E-state index >= 15 is 0 Å². The molecule has 1 aliphatic rings. The molecule has 0 bridgehead atoms. The minimum atomic E-state index is 0.618. The Balaban J connectivity index is 2.12. The van der Waals surface area contributed by atoms with Crippen molar-refractivity contribution in [3.63, 3.8) is 0 Å². The van der Waals surface area contributed by atoms with Crippen molar-refractivity contribution in [2.45, 2.75) is 72.3 Å². The summed E-state index contributed by atoms with van der Waals surface area (Å²) in [6, 6.07) is 0.618. The molecule has 0 radical (unpaired) electrons. The average Bonchev–Trinajstić information content (AvgIpc) is 3.19. The molecule has 4 nitrogen and oxygen atoms in total. The fraction of sp³-hybridized carbons (Fsp3) is 0.765. The van der Waals surface area contributed by atoms with E-state index in [2.05, 4.69) is 43.3 Å². The Hall–Kier alpha value is -1.32. The number of hydrogen-bond donors (Lipinski definition) is 2. The van der Waals surface area contributed by atoms with Gasteiger partial charge in [-0.15, -0.1) is 0 Å². The molecule has 1 fully saturated rings. The van der Waals surface area contributed by atoms with Gasteiger partial charge in [0.05, 0.1) is 0 Å². The first-order valence-electron chi connectivity index (χ1n) is 8.57. The van der Waals surface area contributed by atoms with E-state index in [-0.39, 0.29) is 0 Å². The van der Waals surface area contributed by atoms with Gasteiger partial charge in [-0.3, -0.25) is 0 Å². The third kappa shape index (κ3) is 4.32. The van der Waals surface area contributed by atoms with Crippen LogP contribution >= 0.6 is 0 Å². The lowest BCUT2D eigenvalue weighted by molar-refractivity contribution is 0.691. The molecule has 0 aromatic carbocycles. The molecular formula is C17H30N4. The number of nitrogens with zero attached hydrogens (tertiary/aromatic N) is 2. The predicted molar refractivity (Wildman–Crippen MR) is 90.0 cm³/mol. The summed E-state index contributed by atoms with van der Waals surface area (Å²) in [4.78, 5) is 9.42. The maximum Gasteiger partial charge on any atom is 0.135 e. The summed E-state index contributed by atoms with van der Waals surface area (Å²) in [5.74, 6) is 3.84. The fourth-order valence-electron chi connectivity index (χ4n) is 2.74. The van der Waals surface area contributed by atoms with Gasteiger partial charge in [0.15, 0.2) is 0 Å². The fourth-order valence-corrected chi connectivity index (χ4v) is 2.74. The number of aryl methyl sites for hydroxylation is 1. The standard InChI is InChI=1S/C17H30N4/c1-5-8-13-11-14(13)19-17-12(4)16(18-10-7-3)20-15(21-17)9-6-2/h13-14H,5-11H2,1-4H3,(H2,18,19,20,21). The van der Waals surface area contributed by atoms with E-state index in [1.165, 1.54) is 19.3 Å². The lowest BCUT2D eigenvalue weighted by atomic mass is 10.2. The normalized spacial score (nSPS) is 20.4. The summed E-state index contributed by atoms with van der Waals surface area (Å²) < 4.78 is 0. The minimum absolute atomic E-state index is 0.618. The van der Waals surface area contributed by atoms with E-state index < -0.39 is 0 Å². The van der Waals surface area contributed by atoms with Gasteiger partial charge in [-0.05, 0) is 38.5 Å². The van der Waals surface area contributed by atoms with E-state index in [4.69, 9.17) is 4.98 Å². The quantitative estimate of drug-likeness (QED) is 0.717. The Bertz CT molecular complexity index is 458. The number of anilines is 2. The molecule has 1 heterocycles. The van der Waals surface area contributed by atoms with Crippen LogP contribution in [0.1, 0.15) is 64.3 Å². The van der Waals surface area contributed by atoms with Crippen molar-refractivity contribution in [2.75, 3.05) is 17.2 Å². The lowest BCUT2D eigenvalue weighted by Crippen LogP contribution is -2.13. The van der Waals surface area contributed by atoms with Gasteiger partial charge < -0.3 is 10.6 Å². The van der Waals surface area contributed by atoms with Gasteiger partial charge in [0, 0.05) is 24.6 Å². The van der Waals surface area contributed by atoms with Gasteiger partial charge in [0.2, 0.25) is 0 Å². The second-order valence-corrected chi connectivity index (χ2v) is 6.17. The number of nitrogens with one attached hydrogen (secondary N) is 2. The highest BCUT2D eigenvalue weighted by Crippen LogP contribution is 2.38. The van der Waals surface area contributed by atoms with Gasteiger partial charge in [0.1, 0.15) is 17.5 Å². The zero-order valence-corrected chi connectivity index (χ0v) is 14.0. The second kappa shape index (κ2) is 7.62. The van der Waals surface area contributed by atoms with Crippen molar-refractivity contribution in [2.24, 2.45) is 5.92 Å². The smallest absolute Gasteiger partial charge is 0.135 e. The Morgan fingerprint density at radius 2 is 1.81 bits per heavy atom. The van der Waals surface area contributed by atoms with Crippen LogP contribution < -0.4 is 10.6 Å². The Morgan fingerprint density at radius 1 is 1.05 bits per heavy atom. The van der Waals surface area contributed by atoms with Gasteiger partial charge in [-0.25, -0.2) is 9.97 Å². The lowest BCUT2D eigenvalue weighted by Gasteiger charge is -2.15. The first kappa shape index (κ1) is 16.1. The topological polar surface area (TPSA) is 49.8 Å². The Labute approximate surface area is 129 Å². The molecule has 1 aromatic heterocycles. The highest BCUT2D eigenvalue weighted by Gasteiger charge is 2.36. The van der Waals surface area contributed by atoms with Crippen molar-refractivity contribution in [1.29, 1.82) is 0 Å². The Kier molecular flexibility index (Phi) is 5.83. The molecule has 2 atom stereocenters. The van der Waals surface area contributed by atoms with E-state index in [0.29, 0.717) is 6.04 Å². The summed E-state index contributed by atoms with van der Waals surface area (Å²) in [5, 5.41) is 7.08. The first-order valence-corrected chi connectivity index (χ1v) is 8.57. The van der Waals surface area contributed by atoms with Crippen LogP contribution in [0.2, 0.25) is 0 Å². The molecule has 0 aliphatic heterocycles. The zero-order valence-electron chi connectivity index (χ0n) is 14.0. The summed E-state index contributed by atoms with van der Waals surface area (Å²) >= 11 is 0. The van der Waals surface area contributed by atoms with Crippen molar-refractivity contribution >= 4 is 11.6 Å². The van der Waals surface area contributed by atoms with Crippen molar-refractivity contribution < 1.29 is 0 Å². The Morgan fingerprint density at radius 3 is 2.48 bits per heavy atom. The SMILES string of the molecule is CCCNc1nc(CCC)nc(NC2CC2CCC)c1C. The highest BCUT2D eigenvalue weighted by atomic mass is 15.1.